The van der Waals surface area contributed by atoms with Crippen LogP contribution < -0.4 is 5.32 Å². The number of halogens is 4. The molecule has 3 rings (SSSR count). The zero-order valence-corrected chi connectivity index (χ0v) is 17.3. The van der Waals surface area contributed by atoms with Gasteiger partial charge in [0.05, 0.1) is 6.54 Å². The lowest BCUT2D eigenvalue weighted by atomic mass is 10.1. The van der Waals surface area contributed by atoms with Crippen LogP contribution in [-0.2, 0) is 13.0 Å². The van der Waals surface area contributed by atoms with E-state index in [9.17, 15) is 4.39 Å². The zero-order valence-electron chi connectivity index (χ0n) is 13.3. The Hall–Kier alpha value is -1.14. The van der Waals surface area contributed by atoms with Gasteiger partial charge in [-0.25, -0.2) is 4.39 Å². The van der Waals surface area contributed by atoms with E-state index in [0.29, 0.717) is 19.5 Å². The van der Waals surface area contributed by atoms with Crippen molar-refractivity contribution in [3.63, 3.8) is 0 Å². The lowest BCUT2D eigenvalue weighted by Crippen LogP contribution is -2.16. The molecule has 1 heterocycles. The van der Waals surface area contributed by atoms with Gasteiger partial charge in [-0.05, 0) is 70.9 Å². The molecule has 0 saturated carbocycles. The van der Waals surface area contributed by atoms with Gasteiger partial charge in [0.15, 0.2) is 0 Å². The maximum absolute atomic E-state index is 13.5. The third-order valence-corrected chi connectivity index (χ3v) is 4.84. The molecule has 6 heteroatoms. The summed E-state index contributed by atoms with van der Waals surface area (Å²) in [5.41, 5.74) is 1.74. The summed E-state index contributed by atoms with van der Waals surface area (Å²) in [5, 5.41) is 3.29. The maximum atomic E-state index is 13.5. The molecule has 1 aromatic heterocycles. The second-order valence-corrected chi connectivity index (χ2v) is 7.18. The topological polar surface area (TPSA) is 25.2 Å². The SMILES string of the molecule is Cl.Fc1ccccc1CCNCc1ccc(-c2ccc(Br)cc2Br)o1. The smallest absolute Gasteiger partial charge is 0.135 e. The molecule has 0 saturated heterocycles. The molecule has 25 heavy (non-hydrogen) atoms. The summed E-state index contributed by atoms with van der Waals surface area (Å²) in [6.07, 6.45) is 0.651. The van der Waals surface area contributed by atoms with Crippen LogP contribution in [0.15, 0.2) is 68.0 Å². The van der Waals surface area contributed by atoms with Crippen LogP contribution in [0.4, 0.5) is 4.39 Å². The Kier molecular flexibility index (Phi) is 7.69. The minimum absolute atomic E-state index is 0. The molecule has 0 aliphatic rings. The van der Waals surface area contributed by atoms with Crippen LogP contribution in [0.3, 0.4) is 0 Å². The normalized spacial score (nSPS) is 10.5. The number of hydrogen-bond acceptors (Lipinski definition) is 2. The lowest BCUT2D eigenvalue weighted by molar-refractivity contribution is 0.493. The van der Waals surface area contributed by atoms with E-state index < -0.39 is 0 Å². The fraction of sp³-hybridized carbons (Fsp3) is 0.158. The number of nitrogens with one attached hydrogen (secondary N) is 1. The predicted molar refractivity (Wildman–Crippen MR) is 109 cm³/mol. The fourth-order valence-electron chi connectivity index (χ4n) is 2.44. The van der Waals surface area contributed by atoms with Gasteiger partial charge in [-0.2, -0.15) is 0 Å². The van der Waals surface area contributed by atoms with E-state index in [0.717, 1.165) is 31.6 Å². The molecule has 0 aliphatic heterocycles. The van der Waals surface area contributed by atoms with Crippen molar-refractivity contribution in [1.82, 2.24) is 5.32 Å². The van der Waals surface area contributed by atoms with E-state index >= 15 is 0 Å². The standard InChI is InChI=1S/C19H16Br2FNO.ClH/c20-14-5-7-16(17(21)11-14)19-8-6-15(24-19)12-23-10-9-13-3-1-2-4-18(13)22;/h1-8,11,23H,9-10,12H2;1H. The van der Waals surface area contributed by atoms with Gasteiger partial charge in [-0.3, -0.25) is 0 Å². The molecule has 2 nitrogen and oxygen atoms in total. The molecule has 0 fully saturated rings. The molecule has 0 atom stereocenters. The Balaban J connectivity index is 0.00000225. The Bertz CT molecular complexity index is 838. The van der Waals surface area contributed by atoms with E-state index in [2.05, 4.69) is 37.2 Å². The Morgan fingerprint density at radius 2 is 1.80 bits per heavy atom. The highest BCUT2D eigenvalue weighted by Gasteiger charge is 2.09. The first-order valence-electron chi connectivity index (χ1n) is 7.62. The summed E-state index contributed by atoms with van der Waals surface area (Å²) in [7, 11) is 0. The summed E-state index contributed by atoms with van der Waals surface area (Å²) in [6.45, 7) is 1.31. The molecule has 0 radical (unpaired) electrons. The fourth-order valence-corrected chi connectivity index (χ4v) is 3.69. The van der Waals surface area contributed by atoms with Crippen molar-refractivity contribution in [2.45, 2.75) is 13.0 Å². The van der Waals surface area contributed by atoms with Crippen LogP contribution in [0.1, 0.15) is 11.3 Å². The summed E-state index contributed by atoms with van der Waals surface area (Å²) >= 11 is 6.99. The van der Waals surface area contributed by atoms with Gasteiger partial charge in [0.25, 0.3) is 0 Å². The summed E-state index contributed by atoms with van der Waals surface area (Å²) < 4.78 is 21.4. The molecule has 132 valence electrons. The molecule has 0 spiro atoms. The molecular formula is C19H17Br2ClFNO. The van der Waals surface area contributed by atoms with Crippen LogP contribution in [0.5, 0.6) is 0 Å². The van der Waals surface area contributed by atoms with Crippen molar-refractivity contribution in [3.05, 3.63) is 80.7 Å². The average Bonchev–Trinajstić information content (AvgIpc) is 3.01. The van der Waals surface area contributed by atoms with Gasteiger partial charge >= 0.3 is 0 Å². The highest BCUT2D eigenvalue weighted by Crippen LogP contribution is 2.31. The molecule has 0 unspecified atom stereocenters. The van der Waals surface area contributed by atoms with E-state index in [1.807, 2.05) is 42.5 Å². The van der Waals surface area contributed by atoms with Gasteiger partial charge < -0.3 is 9.73 Å². The second kappa shape index (κ2) is 9.53. The Morgan fingerprint density at radius 1 is 1.00 bits per heavy atom. The first-order chi connectivity index (χ1) is 11.6. The summed E-state index contributed by atoms with van der Waals surface area (Å²) in [6, 6.07) is 16.8. The van der Waals surface area contributed by atoms with Crippen molar-refractivity contribution >= 4 is 44.3 Å². The summed E-state index contributed by atoms with van der Waals surface area (Å²) in [5.74, 6) is 1.52. The first-order valence-corrected chi connectivity index (χ1v) is 9.20. The largest absolute Gasteiger partial charge is 0.460 e. The van der Waals surface area contributed by atoms with Gasteiger partial charge in [0, 0.05) is 14.5 Å². The zero-order chi connectivity index (χ0) is 16.9. The van der Waals surface area contributed by atoms with Crippen molar-refractivity contribution < 1.29 is 8.81 Å². The highest BCUT2D eigenvalue weighted by molar-refractivity contribution is 9.11. The minimum atomic E-state index is -0.153. The average molecular weight is 490 g/mol. The number of benzene rings is 2. The van der Waals surface area contributed by atoms with Gasteiger partial charge in [-0.15, -0.1) is 12.4 Å². The van der Waals surface area contributed by atoms with Gasteiger partial charge in [0.2, 0.25) is 0 Å². The van der Waals surface area contributed by atoms with Gasteiger partial charge in [0.1, 0.15) is 17.3 Å². The Labute approximate surface area is 169 Å². The maximum Gasteiger partial charge on any atom is 0.135 e. The Morgan fingerprint density at radius 3 is 2.56 bits per heavy atom. The third kappa shape index (κ3) is 5.42. The molecule has 3 aromatic rings. The van der Waals surface area contributed by atoms with Crippen molar-refractivity contribution in [3.8, 4) is 11.3 Å². The van der Waals surface area contributed by atoms with E-state index in [1.54, 1.807) is 6.07 Å². The number of furan rings is 1. The predicted octanol–water partition coefficient (Wildman–Crippen LogP) is 6.36. The van der Waals surface area contributed by atoms with Crippen molar-refractivity contribution in [2.24, 2.45) is 0 Å². The van der Waals surface area contributed by atoms with Gasteiger partial charge in [-0.1, -0.05) is 34.1 Å². The first kappa shape index (κ1) is 20.2. The van der Waals surface area contributed by atoms with Crippen LogP contribution >= 0.6 is 44.3 Å². The molecule has 1 N–H and O–H groups in total. The quantitative estimate of drug-likeness (QED) is 0.408. The van der Waals surface area contributed by atoms with Crippen LogP contribution in [-0.4, -0.2) is 6.54 Å². The van der Waals surface area contributed by atoms with Crippen molar-refractivity contribution in [2.75, 3.05) is 6.54 Å². The van der Waals surface area contributed by atoms with Crippen LogP contribution in [0, 0.1) is 5.82 Å². The minimum Gasteiger partial charge on any atom is -0.460 e. The van der Waals surface area contributed by atoms with E-state index in [-0.39, 0.29) is 18.2 Å². The summed E-state index contributed by atoms with van der Waals surface area (Å²) in [4.78, 5) is 0. The number of rotatable bonds is 6. The second-order valence-electron chi connectivity index (χ2n) is 5.41. The van der Waals surface area contributed by atoms with E-state index in [4.69, 9.17) is 4.42 Å². The van der Waals surface area contributed by atoms with E-state index in [1.165, 1.54) is 6.07 Å². The van der Waals surface area contributed by atoms with Crippen LogP contribution in [0.25, 0.3) is 11.3 Å². The molecule has 0 amide bonds. The van der Waals surface area contributed by atoms with Crippen LogP contribution in [0.2, 0.25) is 0 Å². The monoisotopic (exact) mass is 487 g/mol. The van der Waals surface area contributed by atoms with Crippen molar-refractivity contribution in [1.29, 1.82) is 0 Å². The molecule has 0 bridgehead atoms. The highest BCUT2D eigenvalue weighted by atomic mass is 79.9. The molecule has 2 aromatic carbocycles. The molecular weight excluding hydrogens is 472 g/mol. The number of hydrogen-bond donors (Lipinski definition) is 1. The third-order valence-electron chi connectivity index (χ3n) is 3.69. The lowest BCUT2D eigenvalue weighted by Gasteiger charge is -2.05. The molecule has 0 aliphatic carbocycles.